The van der Waals surface area contributed by atoms with E-state index in [0.717, 1.165) is 22.0 Å². The normalized spacial score (nSPS) is 11.1. The lowest BCUT2D eigenvalue weighted by molar-refractivity contribution is 1.30. The van der Waals surface area contributed by atoms with Crippen molar-refractivity contribution < 1.29 is 0 Å². The van der Waals surface area contributed by atoms with E-state index in [0.29, 0.717) is 0 Å². The molecule has 1 aromatic heterocycles. The molecule has 0 radical (unpaired) electrons. The van der Waals surface area contributed by atoms with E-state index in [2.05, 4.69) is 23.3 Å². The van der Waals surface area contributed by atoms with Crippen molar-refractivity contribution >= 4 is 29.9 Å². The monoisotopic (exact) mass is 205 g/mol. The smallest absolute Gasteiger partial charge is 0.0983 e. The lowest BCUT2D eigenvalue weighted by atomic mass is 10.2. The summed E-state index contributed by atoms with van der Waals surface area (Å²) in [4.78, 5) is 8.59. The Labute approximate surface area is 84.1 Å². The Kier molecular flexibility index (Phi) is 2.34. The molecule has 0 unspecified atom stereocenters. The quantitative estimate of drug-likeness (QED) is 0.568. The number of anilines is 1. The van der Waals surface area contributed by atoms with E-state index in [1.165, 1.54) is 0 Å². The van der Waals surface area contributed by atoms with Gasteiger partial charge in [-0.15, -0.1) is 0 Å². The highest BCUT2D eigenvalue weighted by Crippen LogP contribution is 2.30. The van der Waals surface area contributed by atoms with E-state index >= 15 is 0 Å². The van der Waals surface area contributed by atoms with Gasteiger partial charge in [-0.05, 0) is 25.5 Å². The second-order valence-corrected chi connectivity index (χ2v) is 5.56. The Hall–Kier alpha value is -1.21. The van der Waals surface area contributed by atoms with Crippen molar-refractivity contribution in [3.8, 4) is 0 Å². The minimum absolute atomic E-state index is 0.244. The molecule has 2 rings (SSSR count). The molecule has 2 aromatic rings. The summed E-state index contributed by atoms with van der Waals surface area (Å²) < 4.78 is 0. The molecule has 1 heterocycles. The van der Waals surface area contributed by atoms with Gasteiger partial charge in [0.25, 0.3) is 0 Å². The van der Waals surface area contributed by atoms with Gasteiger partial charge in [-0.3, -0.25) is 9.97 Å². The Balaban J connectivity index is 2.83. The Morgan fingerprint density at radius 1 is 1.14 bits per heavy atom. The lowest BCUT2D eigenvalue weighted by Crippen LogP contribution is -2.10. The van der Waals surface area contributed by atoms with Crippen LogP contribution in [0.1, 0.15) is 0 Å². The number of nitrogens with two attached hydrogens (primary N) is 1. The van der Waals surface area contributed by atoms with Gasteiger partial charge < -0.3 is 5.73 Å². The SMILES string of the molecule is CP(C)c1c(N)ccc2nccnc12. The average Bonchev–Trinajstić information content (AvgIpc) is 2.17. The third-order valence-corrected chi connectivity index (χ3v) is 3.46. The van der Waals surface area contributed by atoms with Crippen LogP contribution in [0.5, 0.6) is 0 Å². The summed E-state index contributed by atoms with van der Waals surface area (Å²) in [6.45, 7) is 4.35. The molecular weight excluding hydrogens is 193 g/mol. The molecule has 0 fully saturated rings. The highest BCUT2D eigenvalue weighted by Gasteiger charge is 2.09. The zero-order valence-electron chi connectivity index (χ0n) is 8.23. The first-order valence-corrected chi connectivity index (χ1v) is 6.60. The lowest BCUT2D eigenvalue weighted by Gasteiger charge is -2.11. The maximum Gasteiger partial charge on any atom is 0.0983 e. The number of aromatic nitrogens is 2. The van der Waals surface area contributed by atoms with Crippen molar-refractivity contribution in [3.63, 3.8) is 0 Å². The maximum absolute atomic E-state index is 5.94. The molecule has 0 aliphatic rings. The summed E-state index contributed by atoms with van der Waals surface area (Å²) in [5.74, 6) is 0. The van der Waals surface area contributed by atoms with Gasteiger partial charge in [-0.2, -0.15) is 0 Å². The molecular formula is C10H12N3P. The van der Waals surface area contributed by atoms with Crippen LogP contribution < -0.4 is 11.0 Å². The third kappa shape index (κ3) is 1.44. The summed E-state index contributed by atoms with van der Waals surface area (Å²) in [6.07, 6.45) is 3.42. The fourth-order valence-corrected chi connectivity index (χ4v) is 2.69. The highest BCUT2D eigenvalue weighted by atomic mass is 31.1. The summed E-state index contributed by atoms with van der Waals surface area (Å²) >= 11 is 0. The van der Waals surface area contributed by atoms with Gasteiger partial charge in [0.1, 0.15) is 0 Å². The molecule has 0 aliphatic carbocycles. The molecule has 0 saturated heterocycles. The van der Waals surface area contributed by atoms with E-state index < -0.39 is 0 Å². The second-order valence-electron chi connectivity index (χ2n) is 3.32. The minimum Gasteiger partial charge on any atom is -0.398 e. The van der Waals surface area contributed by atoms with E-state index in [-0.39, 0.29) is 7.92 Å². The summed E-state index contributed by atoms with van der Waals surface area (Å²) in [6, 6.07) is 3.83. The van der Waals surface area contributed by atoms with Crippen LogP contribution in [0.3, 0.4) is 0 Å². The fourth-order valence-electron chi connectivity index (χ4n) is 1.51. The molecule has 14 heavy (non-hydrogen) atoms. The summed E-state index contributed by atoms with van der Waals surface area (Å²) in [7, 11) is -0.244. The van der Waals surface area contributed by atoms with E-state index in [1.54, 1.807) is 12.4 Å². The number of nitrogen functional groups attached to an aromatic ring is 1. The average molecular weight is 205 g/mol. The van der Waals surface area contributed by atoms with Crippen LogP contribution in [-0.2, 0) is 0 Å². The Morgan fingerprint density at radius 3 is 2.57 bits per heavy atom. The number of fused-ring (bicyclic) bond motifs is 1. The van der Waals surface area contributed by atoms with Crippen LogP contribution in [0.15, 0.2) is 24.5 Å². The molecule has 1 aromatic carbocycles. The second kappa shape index (κ2) is 3.50. The van der Waals surface area contributed by atoms with Crippen molar-refractivity contribution in [2.75, 3.05) is 19.1 Å². The molecule has 0 saturated carbocycles. The number of benzene rings is 1. The van der Waals surface area contributed by atoms with Crippen LogP contribution in [0.25, 0.3) is 11.0 Å². The first-order valence-electron chi connectivity index (χ1n) is 4.36. The first kappa shape index (κ1) is 9.35. The molecule has 3 nitrogen and oxygen atoms in total. The van der Waals surface area contributed by atoms with Gasteiger partial charge in [0.15, 0.2) is 0 Å². The largest absolute Gasteiger partial charge is 0.398 e. The van der Waals surface area contributed by atoms with E-state index in [9.17, 15) is 0 Å². The molecule has 2 N–H and O–H groups in total. The molecule has 0 aliphatic heterocycles. The van der Waals surface area contributed by atoms with Crippen LogP contribution in [0, 0.1) is 0 Å². The van der Waals surface area contributed by atoms with Crippen molar-refractivity contribution in [2.24, 2.45) is 0 Å². The molecule has 0 spiro atoms. The molecule has 0 atom stereocenters. The molecule has 0 amide bonds. The number of rotatable bonds is 1. The molecule has 72 valence electrons. The van der Waals surface area contributed by atoms with Crippen LogP contribution in [0.4, 0.5) is 5.69 Å². The summed E-state index contributed by atoms with van der Waals surface area (Å²) in [5.41, 5.74) is 8.64. The van der Waals surface area contributed by atoms with Gasteiger partial charge in [0, 0.05) is 23.4 Å². The van der Waals surface area contributed by atoms with Crippen LogP contribution >= 0.6 is 7.92 Å². The van der Waals surface area contributed by atoms with Gasteiger partial charge in [0.05, 0.1) is 11.0 Å². The van der Waals surface area contributed by atoms with E-state index in [4.69, 9.17) is 5.73 Å². The fraction of sp³-hybridized carbons (Fsp3) is 0.200. The van der Waals surface area contributed by atoms with Gasteiger partial charge in [-0.1, -0.05) is 7.92 Å². The van der Waals surface area contributed by atoms with Gasteiger partial charge >= 0.3 is 0 Å². The Bertz CT molecular complexity index is 468. The number of hydrogen-bond acceptors (Lipinski definition) is 3. The van der Waals surface area contributed by atoms with Crippen molar-refractivity contribution in [1.82, 2.24) is 9.97 Å². The standard InChI is InChI=1S/C10H12N3P/c1-14(2)10-7(11)3-4-8-9(10)13-6-5-12-8/h3-6H,11H2,1-2H3. The first-order chi connectivity index (χ1) is 6.70. The predicted octanol–water partition coefficient (Wildman–Crippen LogP) is 1.58. The van der Waals surface area contributed by atoms with Crippen molar-refractivity contribution in [1.29, 1.82) is 0 Å². The van der Waals surface area contributed by atoms with Gasteiger partial charge in [-0.25, -0.2) is 0 Å². The minimum atomic E-state index is -0.244. The number of nitrogens with zero attached hydrogens (tertiary/aromatic N) is 2. The topological polar surface area (TPSA) is 51.8 Å². The number of hydrogen-bond donors (Lipinski definition) is 1. The van der Waals surface area contributed by atoms with Gasteiger partial charge in [0.2, 0.25) is 0 Å². The molecule has 0 bridgehead atoms. The zero-order chi connectivity index (χ0) is 10.1. The zero-order valence-corrected chi connectivity index (χ0v) is 9.12. The van der Waals surface area contributed by atoms with Crippen molar-refractivity contribution in [3.05, 3.63) is 24.5 Å². The van der Waals surface area contributed by atoms with E-state index in [1.807, 2.05) is 12.1 Å². The van der Waals surface area contributed by atoms with Crippen LogP contribution in [0.2, 0.25) is 0 Å². The summed E-state index contributed by atoms with van der Waals surface area (Å²) in [5, 5.41) is 1.16. The Morgan fingerprint density at radius 2 is 1.86 bits per heavy atom. The highest BCUT2D eigenvalue weighted by molar-refractivity contribution is 7.65. The van der Waals surface area contributed by atoms with Crippen molar-refractivity contribution in [2.45, 2.75) is 0 Å². The molecule has 4 heteroatoms. The maximum atomic E-state index is 5.94. The van der Waals surface area contributed by atoms with Crippen LogP contribution in [-0.4, -0.2) is 23.3 Å². The third-order valence-electron chi connectivity index (χ3n) is 2.09. The predicted molar refractivity (Wildman–Crippen MR) is 62.4 cm³/mol.